The highest BCUT2D eigenvalue weighted by molar-refractivity contribution is 7.20. The van der Waals surface area contributed by atoms with Gasteiger partial charge in [-0.2, -0.15) is 0 Å². The fraction of sp³-hybridized carbons (Fsp3) is 0.211. The maximum atomic E-state index is 12.3. The smallest absolute Gasteiger partial charge is 0.346 e. The molecule has 0 fully saturated rings. The van der Waals surface area contributed by atoms with E-state index < -0.39 is 5.97 Å². The number of carboxylic acids is 1. The van der Waals surface area contributed by atoms with Crippen molar-refractivity contribution in [2.75, 3.05) is 6.61 Å². The van der Waals surface area contributed by atoms with Gasteiger partial charge in [-0.3, -0.25) is 4.79 Å². The van der Waals surface area contributed by atoms with Gasteiger partial charge in [0, 0.05) is 0 Å². The zero-order valence-corrected chi connectivity index (χ0v) is 15.2. The molecule has 134 valence electrons. The van der Waals surface area contributed by atoms with Gasteiger partial charge in [-0.1, -0.05) is 25.1 Å². The SMILES string of the molecule is CCCOc1ccc(/C=C/c2nc3sc(C(=O)O)c(C)c3c(=O)[nH]2)cc1. The molecule has 1 aromatic carbocycles. The molecular formula is C19H18N2O4S. The molecule has 0 aliphatic carbocycles. The summed E-state index contributed by atoms with van der Waals surface area (Å²) in [6, 6.07) is 7.60. The Kier molecular flexibility index (Phi) is 5.18. The van der Waals surface area contributed by atoms with Crippen molar-refractivity contribution in [1.29, 1.82) is 0 Å². The Bertz CT molecular complexity index is 1030. The molecule has 0 unspecified atom stereocenters. The van der Waals surface area contributed by atoms with Gasteiger partial charge < -0.3 is 14.8 Å². The van der Waals surface area contributed by atoms with Crippen molar-refractivity contribution in [1.82, 2.24) is 9.97 Å². The van der Waals surface area contributed by atoms with Crippen LogP contribution in [-0.4, -0.2) is 27.7 Å². The van der Waals surface area contributed by atoms with Crippen molar-refractivity contribution in [2.45, 2.75) is 20.3 Å². The number of benzene rings is 1. The number of aromatic carboxylic acids is 1. The van der Waals surface area contributed by atoms with Crippen LogP contribution < -0.4 is 10.3 Å². The minimum atomic E-state index is -1.05. The van der Waals surface area contributed by atoms with Gasteiger partial charge >= 0.3 is 5.97 Å². The molecule has 3 aromatic rings. The fourth-order valence-corrected chi connectivity index (χ4v) is 3.54. The molecule has 0 aliphatic rings. The number of nitrogens with zero attached hydrogens (tertiary/aromatic N) is 1. The lowest BCUT2D eigenvalue weighted by atomic mass is 10.2. The number of thiophene rings is 1. The van der Waals surface area contributed by atoms with Crippen molar-refractivity contribution >= 4 is 39.7 Å². The molecule has 2 aromatic heterocycles. The van der Waals surface area contributed by atoms with Crippen LogP contribution in [0.2, 0.25) is 0 Å². The van der Waals surface area contributed by atoms with E-state index in [0.29, 0.717) is 28.2 Å². The van der Waals surface area contributed by atoms with E-state index in [1.807, 2.05) is 30.3 Å². The number of hydrogen-bond acceptors (Lipinski definition) is 5. The number of carboxylic acid groups (broad SMARTS) is 1. The lowest BCUT2D eigenvalue weighted by molar-refractivity contribution is 0.0701. The molecular weight excluding hydrogens is 352 g/mol. The minimum Gasteiger partial charge on any atom is -0.494 e. The topological polar surface area (TPSA) is 92.3 Å². The quantitative estimate of drug-likeness (QED) is 0.685. The highest BCUT2D eigenvalue weighted by atomic mass is 32.1. The number of aryl methyl sites for hydroxylation is 1. The number of fused-ring (bicyclic) bond motifs is 1. The Morgan fingerprint density at radius 1 is 1.31 bits per heavy atom. The molecule has 0 amide bonds. The van der Waals surface area contributed by atoms with E-state index in [9.17, 15) is 14.7 Å². The normalized spacial score (nSPS) is 11.3. The number of aromatic nitrogens is 2. The Balaban J connectivity index is 1.88. The largest absolute Gasteiger partial charge is 0.494 e. The lowest BCUT2D eigenvalue weighted by Gasteiger charge is -2.03. The minimum absolute atomic E-state index is 0.141. The molecule has 0 aliphatic heterocycles. The lowest BCUT2D eigenvalue weighted by Crippen LogP contribution is -2.09. The van der Waals surface area contributed by atoms with Crippen molar-refractivity contribution in [2.24, 2.45) is 0 Å². The molecule has 0 saturated carbocycles. The van der Waals surface area contributed by atoms with E-state index in [1.165, 1.54) is 0 Å². The number of hydrogen-bond donors (Lipinski definition) is 2. The van der Waals surface area contributed by atoms with Crippen LogP contribution in [0.3, 0.4) is 0 Å². The molecule has 2 heterocycles. The third kappa shape index (κ3) is 3.67. The van der Waals surface area contributed by atoms with Crippen molar-refractivity contribution in [3.05, 3.63) is 56.4 Å². The average molecular weight is 370 g/mol. The molecule has 0 atom stereocenters. The van der Waals surface area contributed by atoms with E-state index >= 15 is 0 Å². The predicted octanol–water partition coefficient (Wildman–Crippen LogP) is 3.95. The summed E-state index contributed by atoms with van der Waals surface area (Å²) in [4.78, 5) is 31.1. The summed E-state index contributed by atoms with van der Waals surface area (Å²) in [5.41, 5.74) is 1.05. The Labute approximate surface area is 153 Å². The third-order valence-corrected chi connectivity index (χ3v) is 4.97. The van der Waals surface area contributed by atoms with Crippen LogP contribution in [0.1, 0.15) is 40.0 Å². The first kappa shape index (κ1) is 17.9. The number of carbonyl (C=O) groups is 1. The van der Waals surface area contributed by atoms with Crippen LogP contribution in [0.5, 0.6) is 5.75 Å². The molecule has 7 heteroatoms. The number of nitrogens with one attached hydrogen (secondary N) is 1. The van der Waals surface area contributed by atoms with Crippen LogP contribution in [0.4, 0.5) is 0 Å². The van der Waals surface area contributed by atoms with E-state index in [0.717, 1.165) is 29.1 Å². The molecule has 3 rings (SSSR count). The van der Waals surface area contributed by atoms with Gasteiger partial charge in [-0.05, 0) is 42.7 Å². The highest BCUT2D eigenvalue weighted by Crippen LogP contribution is 2.27. The molecule has 0 radical (unpaired) electrons. The first-order valence-corrected chi connectivity index (χ1v) is 8.99. The monoisotopic (exact) mass is 370 g/mol. The second kappa shape index (κ2) is 7.53. The first-order valence-electron chi connectivity index (χ1n) is 8.17. The molecule has 6 nitrogen and oxygen atoms in total. The van der Waals surface area contributed by atoms with Crippen LogP contribution in [0.25, 0.3) is 22.4 Å². The van der Waals surface area contributed by atoms with Gasteiger partial charge in [-0.25, -0.2) is 9.78 Å². The summed E-state index contributed by atoms with van der Waals surface area (Å²) in [7, 11) is 0. The van der Waals surface area contributed by atoms with E-state index in [-0.39, 0.29) is 10.4 Å². The van der Waals surface area contributed by atoms with Gasteiger partial charge in [0.05, 0.1) is 12.0 Å². The maximum Gasteiger partial charge on any atom is 0.346 e. The number of aromatic amines is 1. The van der Waals surface area contributed by atoms with Crippen LogP contribution in [-0.2, 0) is 0 Å². The van der Waals surface area contributed by atoms with Crippen LogP contribution >= 0.6 is 11.3 Å². The molecule has 0 bridgehead atoms. The molecule has 0 saturated heterocycles. The summed E-state index contributed by atoms with van der Waals surface area (Å²) in [5.74, 6) is 0.145. The zero-order valence-electron chi connectivity index (χ0n) is 14.4. The van der Waals surface area contributed by atoms with Crippen molar-refractivity contribution in [3.8, 4) is 5.75 Å². The maximum absolute atomic E-state index is 12.3. The molecule has 0 spiro atoms. The van der Waals surface area contributed by atoms with Gasteiger partial charge in [0.1, 0.15) is 21.3 Å². The number of ether oxygens (including phenoxy) is 1. The number of H-pyrrole nitrogens is 1. The third-order valence-electron chi connectivity index (χ3n) is 3.80. The zero-order chi connectivity index (χ0) is 18.7. The van der Waals surface area contributed by atoms with E-state index in [1.54, 1.807) is 13.0 Å². The van der Waals surface area contributed by atoms with Gasteiger partial charge in [0.25, 0.3) is 5.56 Å². The second-order valence-corrected chi connectivity index (χ2v) is 6.74. The summed E-state index contributed by atoms with van der Waals surface area (Å²) in [6.07, 6.45) is 4.47. The summed E-state index contributed by atoms with van der Waals surface area (Å²) in [5, 5.41) is 9.54. The summed E-state index contributed by atoms with van der Waals surface area (Å²) in [6.45, 7) is 4.35. The molecule has 2 N–H and O–H groups in total. The van der Waals surface area contributed by atoms with Gasteiger partial charge in [0.15, 0.2) is 0 Å². The Morgan fingerprint density at radius 2 is 2.04 bits per heavy atom. The average Bonchev–Trinajstić information content (AvgIpc) is 2.96. The first-order chi connectivity index (χ1) is 12.5. The van der Waals surface area contributed by atoms with Crippen LogP contribution in [0, 0.1) is 6.92 Å². The standard InChI is InChI=1S/C19H18N2O4S/c1-3-10-25-13-7-4-12(5-8-13)6-9-14-20-17(22)15-11(2)16(19(23)24)26-18(15)21-14/h4-9H,3,10H2,1-2H3,(H,23,24)(H,20,21,22)/b9-6+. The highest BCUT2D eigenvalue weighted by Gasteiger charge is 2.18. The van der Waals surface area contributed by atoms with E-state index in [2.05, 4.69) is 16.9 Å². The fourth-order valence-electron chi connectivity index (χ4n) is 2.51. The van der Waals surface area contributed by atoms with Crippen molar-refractivity contribution in [3.63, 3.8) is 0 Å². The Hall–Kier alpha value is -2.93. The van der Waals surface area contributed by atoms with Gasteiger partial charge in [-0.15, -0.1) is 11.3 Å². The number of rotatable bonds is 6. The predicted molar refractivity (Wildman–Crippen MR) is 103 cm³/mol. The van der Waals surface area contributed by atoms with E-state index in [4.69, 9.17) is 4.74 Å². The summed E-state index contributed by atoms with van der Waals surface area (Å²) < 4.78 is 5.54. The Morgan fingerprint density at radius 3 is 2.69 bits per heavy atom. The van der Waals surface area contributed by atoms with Crippen molar-refractivity contribution < 1.29 is 14.6 Å². The second-order valence-electron chi connectivity index (χ2n) is 5.74. The molecule has 26 heavy (non-hydrogen) atoms. The van der Waals surface area contributed by atoms with Crippen LogP contribution in [0.15, 0.2) is 29.1 Å². The summed E-state index contributed by atoms with van der Waals surface area (Å²) >= 11 is 1.01. The van der Waals surface area contributed by atoms with Gasteiger partial charge in [0.2, 0.25) is 0 Å².